The van der Waals surface area contributed by atoms with Crippen LogP contribution in [-0.4, -0.2) is 71.3 Å². The van der Waals surface area contributed by atoms with Gasteiger partial charge in [-0.3, -0.25) is 0 Å². The van der Waals surface area contributed by atoms with Crippen LogP contribution in [0.2, 0.25) is 18.1 Å². The molecule has 0 aromatic heterocycles. The third kappa shape index (κ3) is 7.56. The van der Waals surface area contributed by atoms with Gasteiger partial charge >= 0.3 is 0 Å². The maximum Gasteiger partial charge on any atom is 0.192 e. The van der Waals surface area contributed by atoms with E-state index in [0.29, 0.717) is 12.1 Å². The Kier molecular flexibility index (Phi) is 10.1. The first kappa shape index (κ1) is 25.2. The van der Waals surface area contributed by atoms with Gasteiger partial charge in [-0.05, 0) is 56.7 Å². The average Bonchev–Trinajstić information content (AvgIpc) is 3.30. The molecule has 0 saturated carbocycles. The molecular weight excluding hydrogens is 384 g/mol. The summed E-state index contributed by atoms with van der Waals surface area (Å²) in [5, 5.41) is 2.62. The summed E-state index contributed by atoms with van der Waals surface area (Å²) in [6.45, 7) is 17.2. The van der Waals surface area contributed by atoms with Gasteiger partial charge in [0, 0.05) is 25.7 Å². The molecule has 3 atom stereocenters. The predicted molar refractivity (Wildman–Crippen MR) is 120 cm³/mol. The van der Waals surface area contributed by atoms with Crippen LogP contribution in [-0.2, 0) is 18.6 Å². The molecule has 2 aliphatic rings. The second-order valence-electron chi connectivity index (χ2n) is 10.1. The number of nitrogens with one attached hydrogen (secondary N) is 1. The first-order valence-electron chi connectivity index (χ1n) is 11.6. The zero-order valence-electron chi connectivity index (χ0n) is 20.0. The summed E-state index contributed by atoms with van der Waals surface area (Å²) in [6, 6.07) is 0.752. The summed E-state index contributed by atoms with van der Waals surface area (Å²) in [7, 11) is -0.0405. The van der Waals surface area contributed by atoms with E-state index in [9.17, 15) is 0 Å². The highest BCUT2D eigenvalue weighted by Crippen LogP contribution is 2.38. The molecule has 0 aromatic rings. The Bertz CT molecular complexity index is 466. The fourth-order valence-corrected chi connectivity index (χ4v) is 5.44. The summed E-state index contributed by atoms with van der Waals surface area (Å²) in [5.74, 6) is 0. The van der Waals surface area contributed by atoms with Gasteiger partial charge in [-0.1, -0.05) is 27.7 Å². The Morgan fingerprint density at radius 2 is 1.90 bits per heavy atom. The van der Waals surface area contributed by atoms with Gasteiger partial charge in [0.05, 0.1) is 25.9 Å². The van der Waals surface area contributed by atoms with Crippen molar-refractivity contribution >= 4 is 8.32 Å². The molecule has 2 fully saturated rings. The average molecular weight is 431 g/mol. The van der Waals surface area contributed by atoms with Crippen LogP contribution in [0.4, 0.5) is 0 Å². The number of rotatable bonds is 12. The SMILES string of the molecule is CC[C@H](O[Si](C)(C)C(C)(C)C)[C@@H](CCCC1OCCO1)NN1CCC[C@H]1COC. The number of nitrogens with zero attached hydrogens (tertiary/aromatic N) is 1. The van der Waals surface area contributed by atoms with Crippen molar-refractivity contribution in [3.05, 3.63) is 0 Å². The molecule has 6 nitrogen and oxygen atoms in total. The van der Waals surface area contributed by atoms with E-state index in [1.54, 1.807) is 7.11 Å². The van der Waals surface area contributed by atoms with Gasteiger partial charge in [0.25, 0.3) is 0 Å². The van der Waals surface area contributed by atoms with Crippen LogP contribution in [0.25, 0.3) is 0 Å². The van der Waals surface area contributed by atoms with Crippen molar-refractivity contribution < 1.29 is 18.6 Å². The molecule has 29 heavy (non-hydrogen) atoms. The standard InChI is InChI=1S/C22H46N2O4Si/c1-8-20(28-29(6,7)22(2,3)4)19(12-9-13-21-26-15-16-27-21)23-24-14-10-11-18(24)17-25-5/h18-21,23H,8-17H2,1-7H3/t18-,19+,20-/m0/s1. The highest BCUT2D eigenvalue weighted by molar-refractivity contribution is 6.74. The number of hydrazine groups is 1. The maximum atomic E-state index is 6.90. The Hall–Kier alpha value is -0.0231. The first-order chi connectivity index (χ1) is 13.7. The van der Waals surface area contributed by atoms with Gasteiger partial charge in [-0.25, -0.2) is 10.4 Å². The van der Waals surface area contributed by atoms with E-state index in [4.69, 9.17) is 18.6 Å². The van der Waals surface area contributed by atoms with E-state index < -0.39 is 8.32 Å². The molecule has 2 aliphatic heterocycles. The molecule has 172 valence electrons. The molecule has 2 saturated heterocycles. The summed E-state index contributed by atoms with van der Waals surface area (Å²) in [5.41, 5.74) is 3.87. The highest BCUT2D eigenvalue weighted by Gasteiger charge is 2.41. The van der Waals surface area contributed by atoms with Crippen molar-refractivity contribution in [1.82, 2.24) is 10.4 Å². The Morgan fingerprint density at radius 3 is 2.48 bits per heavy atom. The van der Waals surface area contributed by atoms with Gasteiger partial charge in [-0.2, -0.15) is 0 Å². The number of hydrogen-bond donors (Lipinski definition) is 1. The Morgan fingerprint density at radius 1 is 1.21 bits per heavy atom. The van der Waals surface area contributed by atoms with Crippen LogP contribution in [0.5, 0.6) is 0 Å². The van der Waals surface area contributed by atoms with Crippen LogP contribution in [0.3, 0.4) is 0 Å². The summed E-state index contributed by atoms with van der Waals surface area (Å²) >= 11 is 0. The van der Waals surface area contributed by atoms with E-state index in [0.717, 1.165) is 52.0 Å². The predicted octanol–water partition coefficient (Wildman–Crippen LogP) is 4.31. The lowest BCUT2D eigenvalue weighted by Crippen LogP contribution is -2.56. The van der Waals surface area contributed by atoms with Crippen LogP contribution >= 0.6 is 0 Å². The van der Waals surface area contributed by atoms with E-state index >= 15 is 0 Å². The molecular formula is C22H46N2O4Si. The van der Waals surface area contributed by atoms with Gasteiger partial charge in [-0.15, -0.1) is 0 Å². The van der Waals surface area contributed by atoms with Gasteiger partial charge in [0.2, 0.25) is 0 Å². The van der Waals surface area contributed by atoms with Crippen molar-refractivity contribution in [3.63, 3.8) is 0 Å². The van der Waals surface area contributed by atoms with Crippen LogP contribution in [0, 0.1) is 0 Å². The molecule has 0 aromatic carbocycles. The molecule has 2 rings (SSSR count). The molecule has 0 bridgehead atoms. The third-order valence-corrected chi connectivity index (χ3v) is 11.3. The van der Waals surface area contributed by atoms with Gasteiger partial charge < -0.3 is 18.6 Å². The molecule has 0 aliphatic carbocycles. The minimum Gasteiger partial charge on any atom is -0.412 e. The third-order valence-electron chi connectivity index (χ3n) is 6.82. The van der Waals surface area contributed by atoms with Gasteiger partial charge in [0.15, 0.2) is 14.6 Å². The minimum absolute atomic E-state index is 0.0231. The summed E-state index contributed by atoms with van der Waals surface area (Å²) in [6.07, 6.45) is 6.71. The lowest BCUT2D eigenvalue weighted by atomic mass is 10.0. The largest absolute Gasteiger partial charge is 0.412 e. The molecule has 7 heteroatoms. The Balaban J connectivity index is 2.03. The lowest BCUT2D eigenvalue weighted by Gasteiger charge is -2.42. The quantitative estimate of drug-likeness (QED) is 0.466. The second-order valence-corrected chi connectivity index (χ2v) is 14.9. The lowest BCUT2D eigenvalue weighted by molar-refractivity contribution is -0.0497. The number of ether oxygens (including phenoxy) is 3. The maximum absolute atomic E-state index is 6.90. The van der Waals surface area contributed by atoms with Gasteiger partial charge in [0.1, 0.15) is 0 Å². The smallest absolute Gasteiger partial charge is 0.192 e. The van der Waals surface area contributed by atoms with Crippen LogP contribution < -0.4 is 5.43 Å². The monoisotopic (exact) mass is 430 g/mol. The van der Waals surface area contributed by atoms with E-state index in [1.807, 2.05) is 0 Å². The summed E-state index contributed by atoms with van der Waals surface area (Å²) < 4.78 is 23.6. The topological polar surface area (TPSA) is 52.2 Å². The van der Waals surface area contributed by atoms with Crippen molar-refractivity contribution in [2.24, 2.45) is 0 Å². The molecule has 2 heterocycles. The molecule has 0 amide bonds. The van der Waals surface area contributed by atoms with E-state index in [1.165, 1.54) is 12.8 Å². The van der Waals surface area contributed by atoms with Crippen molar-refractivity contribution in [3.8, 4) is 0 Å². The fourth-order valence-electron chi connectivity index (χ4n) is 4.00. The van der Waals surface area contributed by atoms with E-state index in [-0.39, 0.29) is 17.4 Å². The zero-order valence-corrected chi connectivity index (χ0v) is 21.0. The second kappa shape index (κ2) is 11.6. The van der Waals surface area contributed by atoms with Crippen molar-refractivity contribution in [1.29, 1.82) is 0 Å². The highest BCUT2D eigenvalue weighted by atomic mass is 28.4. The van der Waals surface area contributed by atoms with Crippen LogP contribution in [0.15, 0.2) is 0 Å². The molecule has 0 radical (unpaired) electrons. The fraction of sp³-hybridized carbons (Fsp3) is 1.00. The molecule has 0 spiro atoms. The molecule has 0 unspecified atom stereocenters. The van der Waals surface area contributed by atoms with Crippen molar-refractivity contribution in [2.75, 3.05) is 33.5 Å². The molecule has 1 N–H and O–H groups in total. The Labute approximate surface area is 180 Å². The first-order valence-corrected chi connectivity index (χ1v) is 14.5. The minimum atomic E-state index is -1.84. The van der Waals surface area contributed by atoms with E-state index in [2.05, 4.69) is 51.2 Å². The number of methoxy groups -OCH3 is 1. The zero-order chi connectivity index (χ0) is 21.5. The van der Waals surface area contributed by atoms with Crippen molar-refractivity contribution in [2.45, 2.75) is 109 Å². The normalized spacial score (nSPS) is 24.3. The van der Waals surface area contributed by atoms with Crippen LogP contribution in [0.1, 0.15) is 66.2 Å². The summed E-state index contributed by atoms with van der Waals surface area (Å²) in [4.78, 5) is 0. The number of hydrogen-bond acceptors (Lipinski definition) is 6.